The molecule has 9 heteroatoms. The molecular formula is C25H22IN5O3. The summed E-state index contributed by atoms with van der Waals surface area (Å²) in [6, 6.07) is 16.0. The van der Waals surface area contributed by atoms with Crippen molar-refractivity contribution in [1.82, 2.24) is 14.1 Å². The quantitative estimate of drug-likeness (QED) is 0.325. The number of hydrogen-bond acceptors (Lipinski definition) is 6. The van der Waals surface area contributed by atoms with Gasteiger partial charge >= 0.3 is 0 Å². The summed E-state index contributed by atoms with van der Waals surface area (Å²) >= 11 is 2.18. The molecule has 0 fully saturated rings. The second-order valence-corrected chi connectivity index (χ2v) is 8.90. The van der Waals surface area contributed by atoms with Gasteiger partial charge in [0.15, 0.2) is 0 Å². The fraction of sp³-hybridized carbons (Fsp3) is 0.160. The van der Waals surface area contributed by atoms with E-state index in [2.05, 4.69) is 39.0 Å². The number of imidazole rings is 1. The number of nitrogens with one attached hydrogen (secondary N) is 1. The van der Waals surface area contributed by atoms with E-state index in [1.54, 1.807) is 19.5 Å². The zero-order valence-corrected chi connectivity index (χ0v) is 20.7. The molecule has 0 spiro atoms. The van der Waals surface area contributed by atoms with Crippen LogP contribution >= 0.6 is 22.6 Å². The van der Waals surface area contributed by atoms with Gasteiger partial charge in [-0.3, -0.25) is 4.79 Å². The molecule has 2 heterocycles. The Morgan fingerprint density at radius 3 is 2.71 bits per heavy atom. The highest BCUT2D eigenvalue weighted by Gasteiger charge is 2.18. The molecular weight excluding hydrogens is 545 g/mol. The maximum atomic E-state index is 13.4. The van der Waals surface area contributed by atoms with Crippen LogP contribution in [0.5, 0.6) is 5.75 Å². The van der Waals surface area contributed by atoms with Crippen LogP contribution in [0.15, 0.2) is 72.0 Å². The molecule has 34 heavy (non-hydrogen) atoms. The van der Waals surface area contributed by atoms with Crippen LogP contribution in [-0.2, 0) is 0 Å². The number of methoxy groups -OCH3 is 1. The van der Waals surface area contributed by atoms with Crippen molar-refractivity contribution in [2.75, 3.05) is 19.0 Å². The van der Waals surface area contributed by atoms with Crippen molar-refractivity contribution in [2.45, 2.75) is 13.0 Å². The van der Waals surface area contributed by atoms with E-state index in [1.807, 2.05) is 54.1 Å². The third-order valence-electron chi connectivity index (χ3n) is 5.36. The minimum absolute atomic E-state index is 0.219. The average molecular weight is 567 g/mol. The van der Waals surface area contributed by atoms with Gasteiger partial charge in [0.1, 0.15) is 17.5 Å². The zero-order valence-electron chi connectivity index (χ0n) is 18.6. The summed E-state index contributed by atoms with van der Waals surface area (Å²) in [5.74, 6) is 0.589. The standard InChI is InChI=1S/C25H22IN5O3/c1-16-12-30(15-28-16)22-7-6-20(10-24(22)34-2)29-21-8-17(11-27)13-31(25(21)33)23(14-32)18-4-3-5-19(26)9-18/h3-10,12-13,15,23,29,32H,14H2,1-2H3/t23-/m0/s1. The van der Waals surface area contributed by atoms with Crippen molar-refractivity contribution in [2.24, 2.45) is 0 Å². The van der Waals surface area contributed by atoms with E-state index in [-0.39, 0.29) is 17.9 Å². The van der Waals surface area contributed by atoms with Crippen LogP contribution in [0.1, 0.15) is 22.9 Å². The Morgan fingerprint density at radius 2 is 2.06 bits per heavy atom. The first kappa shape index (κ1) is 23.5. The van der Waals surface area contributed by atoms with Crippen LogP contribution in [-0.4, -0.2) is 32.9 Å². The maximum absolute atomic E-state index is 13.4. The summed E-state index contributed by atoms with van der Waals surface area (Å²) in [5.41, 5.74) is 3.23. The molecule has 2 N–H and O–H groups in total. The Kier molecular flexibility index (Phi) is 7.00. The summed E-state index contributed by atoms with van der Waals surface area (Å²) in [7, 11) is 1.57. The first-order chi connectivity index (χ1) is 16.4. The lowest BCUT2D eigenvalue weighted by Gasteiger charge is -2.20. The second kappa shape index (κ2) is 10.1. The number of aliphatic hydroxyl groups is 1. The van der Waals surface area contributed by atoms with Crippen molar-refractivity contribution in [3.8, 4) is 17.5 Å². The van der Waals surface area contributed by atoms with E-state index in [0.717, 1.165) is 20.5 Å². The molecule has 1 atom stereocenters. The Labute approximate surface area is 210 Å². The molecule has 172 valence electrons. The Bertz CT molecular complexity index is 1440. The van der Waals surface area contributed by atoms with Crippen LogP contribution < -0.4 is 15.6 Å². The highest BCUT2D eigenvalue weighted by molar-refractivity contribution is 14.1. The predicted molar refractivity (Wildman–Crippen MR) is 138 cm³/mol. The van der Waals surface area contributed by atoms with Crippen LogP contribution in [0.3, 0.4) is 0 Å². The minimum atomic E-state index is -0.627. The van der Waals surface area contributed by atoms with Crippen LogP contribution in [0.4, 0.5) is 11.4 Å². The molecule has 0 unspecified atom stereocenters. The minimum Gasteiger partial charge on any atom is -0.494 e. The summed E-state index contributed by atoms with van der Waals surface area (Å²) in [5, 5.41) is 22.8. The number of rotatable bonds is 7. The average Bonchev–Trinajstić information content (AvgIpc) is 3.27. The van der Waals surface area contributed by atoms with E-state index in [9.17, 15) is 15.2 Å². The Morgan fingerprint density at radius 1 is 1.24 bits per heavy atom. The normalized spacial score (nSPS) is 11.6. The topological polar surface area (TPSA) is 105 Å². The SMILES string of the molecule is COc1cc(Nc2cc(C#N)cn([C@@H](CO)c3cccc(I)c3)c2=O)ccc1-n1cnc(C)c1. The van der Waals surface area contributed by atoms with E-state index in [1.165, 1.54) is 16.8 Å². The van der Waals surface area contributed by atoms with Crippen molar-refractivity contribution in [3.05, 3.63) is 98.0 Å². The number of nitriles is 1. The summed E-state index contributed by atoms with van der Waals surface area (Å²) < 4.78 is 9.79. The summed E-state index contributed by atoms with van der Waals surface area (Å²) in [4.78, 5) is 17.6. The molecule has 0 aliphatic rings. The molecule has 0 amide bonds. The third kappa shape index (κ3) is 4.83. The van der Waals surface area contributed by atoms with Gasteiger partial charge in [0.2, 0.25) is 0 Å². The van der Waals surface area contributed by atoms with E-state index in [0.29, 0.717) is 17.0 Å². The number of aromatic nitrogens is 3. The number of benzene rings is 2. The number of halogens is 1. The predicted octanol–water partition coefficient (Wildman–Crippen LogP) is 4.15. The molecule has 0 aliphatic heterocycles. The molecule has 0 saturated carbocycles. The van der Waals surface area contributed by atoms with Gasteiger partial charge in [-0.05, 0) is 65.4 Å². The largest absolute Gasteiger partial charge is 0.494 e. The first-order valence-corrected chi connectivity index (χ1v) is 11.5. The third-order valence-corrected chi connectivity index (χ3v) is 6.03. The van der Waals surface area contributed by atoms with Gasteiger partial charge in [-0.1, -0.05) is 12.1 Å². The number of nitrogens with zero attached hydrogens (tertiary/aromatic N) is 4. The van der Waals surface area contributed by atoms with Gasteiger partial charge in [-0.15, -0.1) is 0 Å². The van der Waals surface area contributed by atoms with Crippen molar-refractivity contribution in [3.63, 3.8) is 0 Å². The van der Waals surface area contributed by atoms with Gasteiger partial charge in [0.05, 0.1) is 43.0 Å². The molecule has 8 nitrogen and oxygen atoms in total. The van der Waals surface area contributed by atoms with Crippen LogP contribution in [0.2, 0.25) is 0 Å². The highest BCUT2D eigenvalue weighted by Crippen LogP contribution is 2.28. The van der Waals surface area contributed by atoms with Crippen LogP contribution in [0.25, 0.3) is 5.69 Å². The zero-order chi connectivity index (χ0) is 24.2. The van der Waals surface area contributed by atoms with Crippen molar-refractivity contribution >= 4 is 34.0 Å². The lowest BCUT2D eigenvalue weighted by atomic mass is 10.1. The van der Waals surface area contributed by atoms with Gasteiger partial charge in [0.25, 0.3) is 5.56 Å². The molecule has 0 radical (unpaired) electrons. The second-order valence-electron chi connectivity index (χ2n) is 7.65. The Balaban J connectivity index is 1.74. The van der Waals surface area contributed by atoms with E-state index >= 15 is 0 Å². The first-order valence-electron chi connectivity index (χ1n) is 10.4. The number of aryl methyl sites for hydroxylation is 1. The van der Waals surface area contributed by atoms with Gasteiger partial charge in [-0.2, -0.15) is 5.26 Å². The molecule has 0 bridgehead atoms. The molecule has 4 rings (SSSR count). The molecule has 0 aliphatic carbocycles. The van der Waals surface area contributed by atoms with Gasteiger partial charge < -0.3 is 24.3 Å². The molecule has 4 aromatic rings. The monoisotopic (exact) mass is 567 g/mol. The number of hydrogen-bond donors (Lipinski definition) is 2. The molecule has 2 aromatic carbocycles. The number of anilines is 2. The smallest absolute Gasteiger partial charge is 0.274 e. The molecule has 2 aromatic heterocycles. The molecule has 0 saturated heterocycles. The number of aliphatic hydroxyl groups excluding tert-OH is 1. The van der Waals surface area contributed by atoms with E-state index < -0.39 is 6.04 Å². The number of pyridine rings is 1. The lowest BCUT2D eigenvalue weighted by Crippen LogP contribution is -2.29. The highest BCUT2D eigenvalue weighted by atomic mass is 127. The fourth-order valence-corrected chi connectivity index (χ4v) is 4.30. The summed E-state index contributed by atoms with van der Waals surface area (Å²) in [6.45, 7) is 1.61. The van der Waals surface area contributed by atoms with Crippen LogP contribution in [0, 0.1) is 21.8 Å². The van der Waals surface area contributed by atoms with Crippen molar-refractivity contribution < 1.29 is 9.84 Å². The van der Waals surface area contributed by atoms with Crippen molar-refractivity contribution in [1.29, 1.82) is 5.26 Å². The van der Waals surface area contributed by atoms with E-state index in [4.69, 9.17) is 4.74 Å². The number of ether oxygens (including phenoxy) is 1. The summed E-state index contributed by atoms with van der Waals surface area (Å²) in [6.07, 6.45) is 5.06. The lowest BCUT2D eigenvalue weighted by molar-refractivity contribution is 0.247. The maximum Gasteiger partial charge on any atom is 0.274 e. The van der Waals surface area contributed by atoms with Gasteiger partial charge in [0, 0.05) is 27.7 Å². The van der Waals surface area contributed by atoms with Gasteiger partial charge in [-0.25, -0.2) is 4.98 Å². The Hall–Kier alpha value is -3.62. The fourth-order valence-electron chi connectivity index (χ4n) is 3.73.